The minimum absolute atomic E-state index is 0.0388. The van der Waals surface area contributed by atoms with Gasteiger partial charge in [0, 0.05) is 64.9 Å². The van der Waals surface area contributed by atoms with E-state index >= 15 is 0 Å². The van der Waals surface area contributed by atoms with Crippen LogP contribution in [0.4, 0.5) is 8.78 Å². The second kappa shape index (κ2) is 9.39. The van der Waals surface area contributed by atoms with Gasteiger partial charge in [-0.25, -0.2) is 8.78 Å². The Morgan fingerprint density at radius 2 is 1.93 bits per heavy atom. The van der Waals surface area contributed by atoms with Crippen molar-refractivity contribution >= 4 is 38.9 Å². The van der Waals surface area contributed by atoms with Gasteiger partial charge in [0.25, 0.3) is 5.92 Å². The van der Waals surface area contributed by atoms with E-state index in [0.29, 0.717) is 23.7 Å². The molecule has 1 aliphatic rings. The van der Waals surface area contributed by atoms with Crippen LogP contribution in [0.3, 0.4) is 0 Å². The minimum atomic E-state index is -2.63. The maximum atomic E-state index is 13.6. The van der Waals surface area contributed by atoms with Crippen LogP contribution in [0.2, 0.25) is 0 Å². The summed E-state index contributed by atoms with van der Waals surface area (Å²) in [7, 11) is 0. The van der Waals surface area contributed by atoms with Gasteiger partial charge >= 0.3 is 0 Å². The Morgan fingerprint density at radius 3 is 2.73 bits per heavy atom. The largest absolute Gasteiger partial charge is 0.352 e. The molecule has 6 aromatic rings. The van der Waals surface area contributed by atoms with Gasteiger partial charge in [-0.2, -0.15) is 5.10 Å². The third kappa shape index (κ3) is 4.46. The van der Waals surface area contributed by atoms with E-state index in [4.69, 9.17) is 0 Å². The fraction of sp³-hybridized carbons (Fsp3) is 0.207. The third-order valence-corrected chi connectivity index (χ3v) is 8.43. The van der Waals surface area contributed by atoms with Crippen LogP contribution in [0, 0.1) is 0 Å². The second-order valence-electron chi connectivity index (χ2n) is 10.1. The monoisotopic (exact) mass is 555 g/mol. The first-order valence-electron chi connectivity index (χ1n) is 12.8. The maximum Gasteiger partial charge on any atom is 0.261 e. The van der Waals surface area contributed by atoms with E-state index in [0.717, 1.165) is 54.8 Å². The van der Waals surface area contributed by atoms with Gasteiger partial charge in [-0.3, -0.25) is 29.7 Å². The number of hydrogen-bond donors (Lipinski definition) is 2. The number of pyridine rings is 3. The zero-order valence-electron chi connectivity index (χ0n) is 21.4. The lowest BCUT2D eigenvalue weighted by atomic mass is 10.1. The number of hydrogen-bond acceptors (Lipinski definition) is 7. The summed E-state index contributed by atoms with van der Waals surface area (Å²) < 4.78 is 27.3. The Hall–Kier alpha value is -4.35. The van der Waals surface area contributed by atoms with Crippen molar-refractivity contribution in [1.29, 1.82) is 0 Å². The number of halogens is 2. The van der Waals surface area contributed by atoms with E-state index in [1.807, 2.05) is 36.5 Å². The summed E-state index contributed by atoms with van der Waals surface area (Å²) in [6.45, 7) is 2.12. The third-order valence-electron chi connectivity index (χ3n) is 7.21. The number of nitrogens with one attached hydrogen (secondary N) is 2. The van der Waals surface area contributed by atoms with Crippen LogP contribution in [0.5, 0.6) is 0 Å². The van der Waals surface area contributed by atoms with Crippen LogP contribution in [0.25, 0.3) is 54.9 Å². The number of Topliss-reactive ketones (excluding diaryl/α,β-unsaturated/α-hetero) is 1. The molecule has 1 saturated heterocycles. The van der Waals surface area contributed by atoms with E-state index in [2.05, 4.69) is 30.1 Å². The van der Waals surface area contributed by atoms with Crippen molar-refractivity contribution in [3.05, 3.63) is 71.8 Å². The first-order chi connectivity index (χ1) is 19.3. The summed E-state index contributed by atoms with van der Waals surface area (Å²) in [6.07, 6.45) is 8.65. The first kappa shape index (κ1) is 24.7. The molecule has 0 amide bonds. The molecular weight excluding hydrogens is 532 g/mol. The smallest absolute Gasteiger partial charge is 0.261 e. The van der Waals surface area contributed by atoms with Gasteiger partial charge in [-0.15, -0.1) is 11.3 Å². The van der Waals surface area contributed by atoms with Crippen molar-refractivity contribution in [3.8, 4) is 33.1 Å². The molecule has 8 nitrogen and oxygen atoms in total. The molecule has 7 rings (SSSR count). The number of rotatable bonds is 6. The summed E-state index contributed by atoms with van der Waals surface area (Å²) in [5.74, 6) is -2.59. The summed E-state index contributed by atoms with van der Waals surface area (Å²) in [5.41, 5.74) is 6.52. The molecule has 0 aliphatic carbocycles. The molecule has 1 fully saturated rings. The highest BCUT2D eigenvalue weighted by Gasteiger charge is 2.37. The first-order valence-corrected chi connectivity index (χ1v) is 13.6. The zero-order valence-corrected chi connectivity index (χ0v) is 22.2. The normalized spacial score (nSPS) is 15.4. The molecule has 0 saturated carbocycles. The lowest BCUT2D eigenvalue weighted by molar-refractivity contribution is 0.0115. The van der Waals surface area contributed by atoms with Crippen molar-refractivity contribution in [2.75, 3.05) is 13.1 Å². The number of ketones is 1. The number of fused-ring (bicyclic) bond motifs is 2. The Balaban J connectivity index is 1.24. The highest BCUT2D eigenvalue weighted by Crippen LogP contribution is 2.37. The Kier molecular flexibility index (Phi) is 5.79. The Bertz CT molecular complexity index is 1910. The average Bonchev–Trinajstić information content (AvgIpc) is 3.73. The molecular formula is C29H23F2N7OS. The van der Waals surface area contributed by atoms with Crippen molar-refractivity contribution < 1.29 is 13.6 Å². The molecule has 0 atom stereocenters. The molecule has 2 N–H and O–H groups in total. The van der Waals surface area contributed by atoms with Crippen LogP contribution in [-0.4, -0.2) is 59.8 Å². The second-order valence-corrected chi connectivity index (χ2v) is 11.2. The molecule has 0 spiro atoms. The highest BCUT2D eigenvalue weighted by molar-refractivity contribution is 7.17. The van der Waals surface area contributed by atoms with Crippen molar-refractivity contribution in [2.45, 2.75) is 25.8 Å². The van der Waals surface area contributed by atoms with E-state index < -0.39 is 5.92 Å². The highest BCUT2D eigenvalue weighted by atomic mass is 32.1. The molecule has 200 valence electrons. The van der Waals surface area contributed by atoms with Gasteiger partial charge in [-0.05, 0) is 42.8 Å². The number of likely N-dealkylation sites (tertiary alicyclic amines) is 1. The molecule has 40 heavy (non-hydrogen) atoms. The number of aromatic amines is 2. The SMILES string of the molecule is CC(=O)c1ccc(-c2cncc3[nH]c(-c4n[nH]c5cnc(-c6cncc(CN7CCC(F)(F)C7)c6)cc45)cc23)s1. The number of nitrogens with zero attached hydrogens (tertiary/aromatic N) is 5. The van der Waals surface area contributed by atoms with Gasteiger partial charge in [0.05, 0.1) is 46.2 Å². The van der Waals surface area contributed by atoms with Crippen LogP contribution >= 0.6 is 11.3 Å². The Labute approximate surface area is 231 Å². The quantitative estimate of drug-likeness (QED) is 0.233. The molecule has 0 radical (unpaired) electrons. The molecule has 0 unspecified atom stereocenters. The number of H-pyrrole nitrogens is 2. The fourth-order valence-corrected chi connectivity index (χ4v) is 6.17. The number of carbonyl (C=O) groups excluding carboxylic acids is 1. The lowest BCUT2D eigenvalue weighted by Crippen LogP contribution is -2.24. The number of aromatic nitrogens is 6. The molecule has 11 heteroatoms. The van der Waals surface area contributed by atoms with E-state index in [9.17, 15) is 13.6 Å². The average molecular weight is 556 g/mol. The van der Waals surface area contributed by atoms with Gasteiger partial charge in [0.2, 0.25) is 0 Å². The van der Waals surface area contributed by atoms with E-state index in [-0.39, 0.29) is 18.7 Å². The van der Waals surface area contributed by atoms with Crippen molar-refractivity contribution in [3.63, 3.8) is 0 Å². The van der Waals surface area contributed by atoms with Gasteiger partial charge < -0.3 is 4.98 Å². The van der Waals surface area contributed by atoms with Gasteiger partial charge in [-0.1, -0.05) is 0 Å². The minimum Gasteiger partial charge on any atom is -0.352 e. The molecule has 6 aromatic heterocycles. The van der Waals surface area contributed by atoms with Crippen LogP contribution in [-0.2, 0) is 6.54 Å². The van der Waals surface area contributed by atoms with Crippen LogP contribution in [0.1, 0.15) is 28.6 Å². The van der Waals surface area contributed by atoms with Gasteiger partial charge in [0.15, 0.2) is 5.78 Å². The number of carbonyl (C=O) groups is 1. The number of thiophene rings is 1. The van der Waals surface area contributed by atoms with Crippen LogP contribution < -0.4 is 0 Å². The summed E-state index contributed by atoms with van der Waals surface area (Å²) in [5, 5.41) is 9.50. The van der Waals surface area contributed by atoms with E-state index in [1.54, 1.807) is 36.6 Å². The zero-order chi connectivity index (χ0) is 27.4. The number of alkyl halides is 2. The molecule has 0 bridgehead atoms. The topological polar surface area (TPSA) is 103 Å². The molecule has 7 heterocycles. The van der Waals surface area contributed by atoms with Gasteiger partial charge in [0.1, 0.15) is 5.69 Å². The molecule has 1 aliphatic heterocycles. The predicted octanol–water partition coefficient (Wildman–Crippen LogP) is 6.34. The molecule has 0 aromatic carbocycles. The summed E-state index contributed by atoms with van der Waals surface area (Å²) >= 11 is 1.45. The standard InChI is InChI=1S/C29H23F2N7OS/c1-16(39)26-2-3-27(40-26)21-11-33-12-24-19(21)7-23(35-24)28-20-8-22(34-13-25(20)36-37-28)18-6-17(9-32-10-18)14-38-5-4-29(30,31)15-38/h2-3,6-13,35H,4-5,14-15H2,1H3,(H,36,37). The summed E-state index contributed by atoms with van der Waals surface area (Å²) in [6, 6.07) is 9.75. The lowest BCUT2D eigenvalue weighted by Gasteiger charge is -2.15. The fourth-order valence-electron chi connectivity index (χ4n) is 5.24. The van der Waals surface area contributed by atoms with E-state index in [1.165, 1.54) is 11.3 Å². The van der Waals surface area contributed by atoms with Crippen LogP contribution in [0.15, 0.2) is 61.3 Å². The van der Waals surface area contributed by atoms with Crippen molar-refractivity contribution in [2.24, 2.45) is 0 Å². The summed E-state index contributed by atoms with van der Waals surface area (Å²) in [4.78, 5) is 32.1. The Morgan fingerprint density at radius 1 is 1.05 bits per heavy atom. The van der Waals surface area contributed by atoms with Crippen molar-refractivity contribution in [1.82, 2.24) is 35.0 Å². The predicted molar refractivity (Wildman–Crippen MR) is 150 cm³/mol. The maximum absolute atomic E-state index is 13.6.